The van der Waals surface area contributed by atoms with Gasteiger partial charge >= 0.3 is 0 Å². The molecule has 1 aliphatic heterocycles. The van der Waals surface area contributed by atoms with E-state index in [1.165, 1.54) is 5.56 Å². The molecule has 1 fully saturated rings. The molecule has 0 aliphatic carbocycles. The van der Waals surface area contributed by atoms with Crippen LogP contribution >= 0.6 is 12.4 Å². The molecule has 19 heavy (non-hydrogen) atoms. The molecule has 1 aromatic carbocycles. The summed E-state index contributed by atoms with van der Waals surface area (Å²) in [5, 5.41) is 0. The molecule has 0 spiro atoms. The topological polar surface area (TPSA) is 46.3 Å². The molecule has 1 heterocycles. The molecule has 3 nitrogen and oxygen atoms in total. The third kappa shape index (κ3) is 3.10. The summed E-state index contributed by atoms with van der Waals surface area (Å²) < 4.78 is 0. The molecule has 4 heteroatoms. The summed E-state index contributed by atoms with van der Waals surface area (Å²) in [6.07, 6.45) is 1.00. The largest absolute Gasteiger partial charge is 0.338 e. The van der Waals surface area contributed by atoms with Gasteiger partial charge in [0.2, 0.25) is 0 Å². The van der Waals surface area contributed by atoms with Crippen molar-refractivity contribution in [1.29, 1.82) is 0 Å². The molecule has 1 aromatic rings. The number of amides is 1. The van der Waals surface area contributed by atoms with E-state index >= 15 is 0 Å². The third-order valence-corrected chi connectivity index (χ3v) is 4.17. The van der Waals surface area contributed by atoms with Crippen molar-refractivity contribution in [3.63, 3.8) is 0 Å². The number of nitrogens with zero attached hydrogens (tertiary/aromatic N) is 1. The van der Waals surface area contributed by atoms with Crippen LogP contribution in [0.4, 0.5) is 0 Å². The highest BCUT2D eigenvalue weighted by Gasteiger charge is 2.35. The highest BCUT2D eigenvalue weighted by molar-refractivity contribution is 5.96. The third-order valence-electron chi connectivity index (χ3n) is 4.17. The Morgan fingerprint density at radius 1 is 1.42 bits per heavy atom. The summed E-state index contributed by atoms with van der Waals surface area (Å²) in [4.78, 5) is 14.4. The van der Waals surface area contributed by atoms with E-state index in [2.05, 4.69) is 6.92 Å². The van der Waals surface area contributed by atoms with Crippen LogP contribution in [0.25, 0.3) is 0 Å². The van der Waals surface area contributed by atoms with Gasteiger partial charge in [0.15, 0.2) is 0 Å². The number of halogens is 1. The molecule has 1 unspecified atom stereocenters. The zero-order valence-electron chi connectivity index (χ0n) is 11.9. The van der Waals surface area contributed by atoms with Gasteiger partial charge < -0.3 is 10.6 Å². The Bertz CT molecular complexity index is 475. The first kappa shape index (κ1) is 16.0. The van der Waals surface area contributed by atoms with Crippen molar-refractivity contribution in [3.05, 3.63) is 34.9 Å². The lowest BCUT2D eigenvalue weighted by atomic mass is 9.90. The molecule has 2 rings (SSSR count). The van der Waals surface area contributed by atoms with E-state index in [0.29, 0.717) is 6.54 Å². The quantitative estimate of drug-likeness (QED) is 0.906. The number of carbonyl (C=O) groups is 1. The van der Waals surface area contributed by atoms with E-state index in [1.54, 1.807) is 0 Å². The molecule has 1 atom stereocenters. The van der Waals surface area contributed by atoms with Gasteiger partial charge in [-0.25, -0.2) is 0 Å². The zero-order chi connectivity index (χ0) is 13.3. The standard InChI is InChI=1S/C15H22N2O.ClH/c1-11-5-4-6-13(12(11)2)14(18)17-8-7-15(3,9-16)10-17;/h4-6H,7-10,16H2,1-3H3;1H. The minimum Gasteiger partial charge on any atom is -0.338 e. The number of nitrogens with two attached hydrogens (primary N) is 1. The lowest BCUT2D eigenvalue weighted by Crippen LogP contribution is -2.34. The molecule has 2 N–H and O–H groups in total. The Balaban J connectivity index is 0.00000180. The maximum atomic E-state index is 12.5. The first-order chi connectivity index (χ1) is 8.47. The van der Waals surface area contributed by atoms with Gasteiger partial charge in [0.05, 0.1) is 0 Å². The first-order valence-corrected chi connectivity index (χ1v) is 6.52. The predicted octanol–water partition coefficient (Wildman–Crippen LogP) is 2.54. The van der Waals surface area contributed by atoms with Crippen molar-refractivity contribution in [3.8, 4) is 0 Å². The van der Waals surface area contributed by atoms with Crippen LogP contribution in [0.5, 0.6) is 0 Å². The van der Waals surface area contributed by atoms with Crippen LogP contribution in [0.1, 0.15) is 34.8 Å². The van der Waals surface area contributed by atoms with Gasteiger partial charge in [0.1, 0.15) is 0 Å². The van der Waals surface area contributed by atoms with Crippen molar-refractivity contribution in [1.82, 2.24) is 4.90 Å². The summed E-state index contributed by atoms with van der Waals surface area (Å²) in [5.74, 6) is 0.147. The first-order valence-electron chi connectivity index (χ1n) is 6.52. The summed E-state index contributed by atoms with van der Waals surface area (Å²) in [6.45, 7) is 8.45. The van der Waals surface area contributed by atoms with Gasteiger partial charge in [-0.3, -0.25) is 4.79 Å². The maximum absolute atomic E-state index is 12.5. The van der Waals surface area contributed by atoms with Crippen LogP contribution in [-0.4, -0.2) is 30.4 Å². The molecule has 0 saturated carbocycles. The lowest BCUT2D eigenvalue weighted by molar-refractivity contribution is 0.0776. The fraction of sp³-hybridized carbons (Fsp3) is 0.533. The zero-order valence-corrected chi connectivity index (χ0v) is 12.7. The Hall–Kier alpha value is -1.06. The van der Waals surface area contributed by atoms with E-state index in [9.17, 15) is 4.79 Å². The highest BCUT2D eigenvalue weighted by Crippen LogP contribution is 2.30. The van der Waals surface area contributed by atoms with Gasteiger partial charge in [0, 0.05) is 18.7 Å². The number of likely N-dealkylation sites (tertiary alicyclic amines) is 1. The number of rotatable bonds is 2. The molecular weight excluding hydrogens is 260 g/mol. The second-order valence-electron chi connectivity index (χ2n) is 5.74. The van der Waals surface area contributed by atoms with Crippen LogP contribution in [0.15, 0.2) is 18.2 Å². The van der Waals surface area contributed by atoms with E-state index < -0.39 is 0 Å². The number of hydrogen-bond donors (Lipinski definition) is 1. The van der Waals surface area contributed by atoms with E-state index in [0.717, 1.165) is 30.6 Å². The molecule has 1 saturated heterocycles. The minimum atomic E-state index is 0. The van der Waals surface area contributed by atoms with Crippen LogP contribution in [-0.2, 0) is 0 Å². The summed E-state index contributed by atoms with van der Waals surface area (Å²) in [7, 11) is 0. The van der Waals surface area contributed by atoms with Gasteiger partial charge in [0.25, 0.3) is 5.91 Å². The SMILES string of the molecule is Cc1cccc(C(=O)N2CCC(C)(CN)C2)c1C.Cl. The minimum absolute atomic E-state index is 0. The number of hydrogen-bond acceptors (Lipinski definition) is 2. The molecular formula is C15H23ClN2O. The second kappa shape index (κ2) is 5.93. The Morgan fingerprint density at radius 2 is 2.11 bits per heavy atom. The van der Waals surface area contributed by atoms with Crippen LogP contribution in [0, 0.1) is 19.3 Å². The van der Waals surface area contributed by atoms with Gasteiger partial charge in [-0.05, 0) is 49.4 Å². The fourth-order valence-corrected chi connectivity index (χ4v) is 2.52. The van der Waals surface area contributed by atoms with Crippen LogP contribution in [0.2, 0.25) is 0 Å². The molecule has 0 bridgehead atoms. The van der Waals surface area contributed by atoms with Crippen LogP contribution < -0.4 is 5.73 Å². The smallest absolute Gasteiger partial charge is 0.254 e. The normalized spacial score (nSPS) is 22.2. The summed E-state index contributed by atoms with van der Waals surface area (Å²) in [6, 6.07) is 5.91. The van der Waals surface area contributed by atoms with Crippen molar-refractivity contribution in [2.45, 2.75) is 27.2 Å². The van der Waals surface area contributed by atoms with Gasteiger partial charge in [-0.1, -0.05) is 19.1 Å². The van der Waals surface area contributed by atoms with Gasteiger partial charge in [-0.2, -0.15) is 0 Å². The predicted molar refractivity (Wildman–Crippen MR) is 80.8 cm³/mol. The molecule has 0 aromatic heterocycles. The monoisotopic (exact) mass is 282 g/mol. The van der Waals surface area contributed by atoms with Crippen molar-refractivity contribution >= 4 is 18.3 Å². The van der Waals surface area contributed by atoms with Crippen molar-refractivity contribution in [2.24, 2.45) is 11.1 Å². The molecule has 1 amide bonds. The van der Waals surface area contributed by atoms with E-state index in [4.69, 9.17) is 5.73 Å². The molecule has 0 radical (unpaired) electrons. The Labute approximate surface area is 121 Å². The molecule has 106 valence electrons. The average Bonchev–Trinajstić information content (AvgIpc) is 2.75. The second-order valence-corrected chi connectivity index (χ2v) is 5.74. The summed E-state index contributed by atoms with van der Waals surface area (Å²) >= 11 is 0. The fourth-order valence-electron chi connectivity index (χ4n) is 2.52. The number of aryl methyl sites for hydroxylation is 1. The van der Waals surface area contributed by atoms with E-state index in [1.807, 2.05) is 36.9 Å². The van der Waals surface area contributed by atoms with Crippen LogP contribution in [0.3, 0.4) is 0 Å². The average molecular weight is 283 g/mol. The van der Waals surface area contributed by atoms with Gasteiger partial charge in [-0.15, -0.1) is 12.4 Å². The Kier molecular flexibility index (Phi) is 4.99. The highest BCUT2D eigenvalue weighted by atomic mass is 35.5. The number of carbonyl (C=O) groups excluding carboxylic acids is 1. The lowest BCUT2D eigenvalue weighted by Gasteiger charge is -2.23. The van der Waals surface area contributed by atoms with Crippen molar-refractivity contribution < 1.29 is 4.79 Å². The Morgan fingerprint density at radius 3 is 2.68 bits per heavy atom. The molecule has 1 aliphatic rings. The summed E-state index contributed by atoms with van der Waals surface area (Å²) in [5.41, 5.74) is 8.96. The van der Waals surface area contributed by atoms with Crippen molar-refractivity contribution in [2.75, 3.05) is 19.6 Å². The van der Waals surface area contributed by atoms with E-state index in [-0.39, 0.29) is 23.7 Å². The number of benzene rings is 1. The maximum Gasteiger partial charge on any atom is 0.254 e.